The van der Waals surface area contributed by atoms with Gasteiger partial charge in [-0.25, -0.2) is 8.78 Å². The Morgan fingerprint density at radius 3 is 2.34 bits per heavy atom. The Hall–Kier alpha value is -3.91. The van der Waals surface area contributed by atoms with Gasteiger partial charge in [0.25, 0.3) is 11.7 Å². The van der Waals surface area contributed by atoms with Crippen molar-refractivity contribution >= 4 is 34.7 Å². The molecule has 1 atom stereocenters. The fraction of sp³-hybridized carbons (Fsp3) is 0.154. The number of ether oxygens (including phenoxy) is 1. The lowest BCUT2D eigenvalue weighted by Crippen LogP contribution is -2.29. The van der Waals surface area contributed by atoms with Gasteiger partial charge >= 0.3 is 0 Å². The van der Waals surface area contributed by atoms with Gasteiger partial charge in [-0.3, -0.25) is 14.5 Å². The number of phenolic OH excluding ortho intramolecular Hbond substituents is 1. The van der Waals surface area contributed by atoms with Crippen molar-refractivity contribution in [1.82, 2.24) is 0 Å². The average Bonchev–Trinajstić information content (AvgIpc) is 3.08. The SMILES string of the molecule is COc1cc(C)c(/C(O)=C2\C(=O)C(=O)N(c3ccc(F)c(F)c3)C2c2ccc(O)c(Cl)c2)cc1C. The third-order valence-corrected chi connectivity index (χ3v) is 6.21. The average molecular weight is 500 g/mol. The van der Waals surface area contributed by atoms with Crippen molar-refractivity contribution in [2.75, 3.05) is 12.0 Å². The molecule has 180 valence electrons. The van der Waals surface area contributed by atoms with E-state index in [2.05, 4.69) is 0 Å². The lowest BCUT2D eigenvalue weighted by atomic mass is 9.93. The molecule has 0 aliphatic carbocycles. The number of halogens is 3. The predicted octanol–water partition coefficient (Wildman–Crippen LogP) is 5.58. The number of nitrogens with zero attached hydrogens (tertiary/aromatic N) is 1. The highest BCUT2D eigenvalue weighted by atomic mass is 35.5. The summed E-state index contributed by atoms with van der Waals surface area (Å²) in [5.41, 5.74) is 1.45. The standard InChI is InChI=1S/C26H20ClF2NO5/c1-12-9-21(35-3)13(2)8-16(12)24(32)22-23(14-4-7-20(31)17(27)10-14)30(26(34)25(22)33)15-5-6-18(28)19(29)11-15/h4-11,23,31-32H,1-3H3/b24-22+. The number of benzene rings is 3. The largest absolute Gasteiger partial charge is 0.507 e. The molecule has 9 heteroatoms. The molecular formula is C26H20ClF2NO5. The maximum absolute atomic E-state index is 14.1. The van der Waals surface area contributed by atoms with Gasteiger partial charge in [0.15, 0.2) is 11.6 Å². The summed E-state index contributed by atoms with van der Waals surface area (Å²) >= 11 is 6.09. The zero-order valence-corrected chi connectivity index (χ0v) is 19.7. The highest BCUT2D eigenvalue weighted by molar-refractivity contribution is 6.51. The number of rotatable bonds is 4. The molecular weight excluding hydrogens is 480 g/mol. The van der Waals surface area contributed by atoms with Crippen LogP contribution in [0.1, 0.15) is 28.3 Å². The minimum absolute atomic E-state index is 0.0603. The molecule has 0 bridgehead atoms. The van der Waals surface area contributed by atoms with Gasteiger partial charge in [0.1, 0.15) is 17.3 Å². The Morgan fingerprint density at radius 1 is 1.00 bits per heavy atom. The lowest BCUT2D eigenvalue weighted by molar-refractivity contribution is -0.132. The van der Waals surface area contributed by atoms with Crippen LogP contribution in [0.25, 0.3) is 5.76 Å². The first-order chi connectivity index (χ1) is 16.5. The first kappa shape index (κ1) is 24.2. The fourth-order valence-corrected chi connectivity index (χ4v) is 4.34. The van der Waals surface area contributed by atoms with E-state index in [1.54, 1.807) is 26.0 Å². The van der Waals surface area contributed by atoms with Crippen molar-refractivity contribution in [3.05, 3.63) is 93.0 Å². The number of methoxy groups -OCH3 is 1. The number of phenols is 1. The van der Waals surface area contributed by atoms with Crippen molar-refractivity contribution in [2.45, 2.75) is 19.9 Å². The van der Waals surface area contributed by atoms with Gasteiger partial charge < -0.3 is 14.9 Å². The highest BCUT2D eigenvalue weighted by Gasteiger charge is 2.47. The summed E-state index contributed by atoms with van der Waals surface area (Å²) in [4.78, 5) is 27.3. The van der Waals surface area contributed by atoms with Crippen molar-refractivity contribution < 1.29 is 33.3 Å². The molecule has 2 N–H and O–H groups in total. The predicted molar refractivity (Wildman–Crippen MR) is 127 cm³/mol. The molecule has 4 rings (SSSR count). The van der Waals surface area contributed by atoms with E-state index in [-0.39, 0.29) is 27.6 Å². The first-order valence-corrected chi connectivity index (χ1v) is 10.8. The molecule has 0 spiro atoms. The monoisotopic (exact) mass is 499 g/mol. The van der Waals surface area contributed by atoms with E-state index < -0.39 is 35.1 Å². The van der Waals surface area contributed by atoms with Gasteiger partial charge in [0.05, 0.1) is 23.7 Å². The van der Waals surface area contributed by atoms with E-state index in [1.807, 2.05) is 0 Å². The van der Waals surface area contributed by atoms with E-state index in [9.17, 15) is 28.6 Å². The fourth-order valence-electron chi connectivity index (χ4n) is 4.15. The number of aromatic hydroxyl groups is 1. The smallest absolute Gasteiger partial charge is 0.300 e. The number of anilines is 1. The third-order valence-electron chi connectivity index (χ3n) is 5.91. The maximum atomic E-state index is 14.1. The number of hydrogen-bond donors (Lipinski definition) is 2. The van der Waals surface area contributed by atoms with Crippen LogP contribution in [-0.4, -0.2) is 29.0 Å². The first-order valence-electron chi connectivity index (χ1n) is 10.4. The second-order valence-electron chi connectivity index (χ2n) is 8.12. The number of ketones is 1. The zero-order chi connectivity index (χ0) is 25.6. The van der Waals surface area contributed by atoms with Crippen LogP contribution in [0.3, 0.4) is 0 Å². The van der Waals surface area contributed by atoms with Crippen LogP contribution in [-0.2, 0) is 9.59 Å². The molecule has 0 aromatic heterocycles. The van der Waals surface area contributed by atoms with Crippen molar-refractivity contribution in [3.63, 3.8) is 0 Å². The van der Waals surface area contributed by atoms with Crippen LogP contribution in [0.15, 0.2) is 54.1 Å². The minimum atomic E-state index is -1.24. The molecule has 6 nitrogen and oxygen atoms in total. The van der Waals surface area contributed by atoms with E-state index in [0.29, 0.717) is 22.4 Å². The van der Waals surface area contributed by atoms with Crippen molar-refractivity contribution in [3.8, 4) is 11.5 Å². The van der Waals surface area contributed by atoms with Crippen molar-refractivity contribution in [1.29, 1.82) is 0 Å². The van der Waals surface area contributed by atoms with Gasteiger partial charge in [0, 0.05) is 17.3 Å². The third kappa shape index (κ3) is 4.10. The topological polar surface area (TPSA) is 87.1 Å². The normalized spacial score (nSPS) is 17.2. The molecule has 3 aromatic carbocycles. The van der Waals surface area contributed by atoms with E-state index in [0.717, 1.165) is 23.1 Å². The number of aliphatic hydroxyl groups is 1. The zero-order valence-electron chi connectivity index (χ0n) is 18.9. The van der Waals surface area contributed by atoms with E-state index in [4.69, 9.17) is 16.3 Å². The summed E-state index contributed by atoms with van der Waals surface area (Å²) in [6.07, 6.45) is 0. The van der Waals surface area contributed by atoms with Crippen LogP contribution in [0.5, 0.6) is 11.5 Å². The van der Waals surface area contributed by atoms with Gasteiger partial charge in [-0.05, 0) is 66.9 Å². The second kappa shape index (κ2) is 9.03. The number of aliphatic hydroxyl groups excluding tert-OH is 1. The minimum Gasteiger partial charge on any atom is -0.507 e. The Balaban J connectivity index is 2.00. The molecule has 1 unspecified atom stereocenters. The molecule has 1 aliphatic heterocycles. The van der Waals surface area contributed by atoms with Gasteiger partial charge in [-0.2, -0.15) is 0 Å². The quantitative estimate of drug-likeness (QED) is 0.278. The lowest BCUT2D eigenvalue weighted by Gasteiger charge is -2.26. The van der Waals surface area contributed by atoms with Crippen LogP contribution < -0.4 is 9.64 Å². The Morgan fingerprint density at radius 2 is 1.71 bits per heavy atom. The van der Waals surface area contributed by atoms with Crippen LogP contribution in [0.4, 0.5) is 14.5 Å². The summed E-state index contributed by atoms with van der Waals surface area (Å²) in [6.45, 7) is 3.46. The summed E-state index contributed by atoms with van der Waals surface area (Å²) in [5.74, 6) is -4.52. The van der Waals surface area contributed by atoms with Crippen LogP contribution in [0, 0.1) is 25.5 Å². The van der Waals surface area contributed by atoms with Gasteiger partial charge in [0.2, 0.25) is 0 Å². The Kier molecular flexibility index (Phi) is 6.25. The van der Waals surface area contributed by atoms with Gasteiger partial charge in [-0.15, -0.1) is 0 Å². The maximum Gasteiger partial charge on any atom is 0.300 e. The second-order valence-corrected chi connectivity index (χ2v) is 8.52. The van der Waals surface area contributed by atoms with E-state index >= 15 is 0 Å². The number of carbonyl (C=O) groups excluding carboxylic acids is 2. The van der Waals surface area contributed by atoms with Crippen LogP contribution >= 0.6 is 11.6 Å². The molecule has 1 saturated heterocycles. The molecule has 1 aliphatic rings. The molecule has 1 fully saturated rings. The number of Topliss-reactive ketones (excluding diaryl/α,β-unsaturated/α-hetero) is 1. The van der Waals surface area contributed by atoms with Crippen molar-refractivity contribution in [2.24, 2.45) is 0 Å². The summed E-state index contributed by atoms with van der Waals surface area (Å²) in [5, 5.41) is 21.1. The number of carbonyl (C=O) groups is 2. The number of aryl methyl sites for hydroxylation is 2. The molecule has 0 saturated carbocycles. The summed E-state index contributed by atoms with van der Waals surface area (Å²) in [7, 11) is 1.50. The molecule has 1 heterocycles. The molecule has 3 aromatic rings. The molecule has 35 heavy (non-hydrogen) atoms. The number of amides is 1. The Labute approximate surface area is 204 Å². The van der Waals surface area contributed by atoms with Crippen LogP contribution in [0.2, 0.25) is 5.02 Å². The summed E-state index contributed by atoms with van der Waals surface area (Å²) in [6, 6.07) is 8.87. The Bertz CT molecular complexity index is 1420. The highest BCUT2D eigenvalue weighted by Crippen LogP contribution is 2.44. The van der Waals surface area contributed by atoms with Gasteiger partial charge in [-0.1, -0.05) is 17.7 Å². The summed E-state index contributed by atoms with van der Waals surface area (Å²) < 4.78 is 33.0. The van der Waals surface area contributed by atoms with E-state index in [1.165, 1.54) is 25.3 Å². The molecule has 0 radical (unpaired) electrons. The molecule has 1 amide bonds. The number of hydrogen-bond acceptors (Lipinski definition) is 5.